The van der Waals surface area contributed by atoms with Crippen molar-refractivity contribution in [2.45, 2.75) is 5.41 Å². The van der Waals surface area contributed by atoms with Crippen LogP contribution >= 0.6 is 23.2 Å². The molecule has 308 valence electrons. The van der Waals surface area contributed by atoms with Crippen molar-refractivity contribution in [3.05, 3.63) is 275 Å². The van der Waals surface area contributed by atoms with Crippen LogP contribution in [0, 0.1) is 0 Å². The third-order valence-corrected chi connectivity index (χ3v) is 13.6. The van der Waals surface area contributed by atoms with E-state index in [2.05, 4.69) is 240 Å². The molecule has 65 heavy (non-hydrogen) atoms. The zero-order chi connectivity index (χ0) is 43.5. The fraction of sp³-hybridized carbons (Fsp3) is 0.0164. The van der Waals surface area contributed by atoms with Gasteiger partial charge in [-0.2, -0.15) is 0 Å². The Morgan fingerprint density at radius 1 is 0.246 bits per heavy atom. The summed E-state index contributed by atoms with van der Waals surface area (Å²) in [5.41, 5.74) is 19.1. The summed E-state index contributed by atoms with van der Waals surface area (Å²) in [5, 5.41) is 1.32. The van der Waals surface area contributed by atoms with Crippen LogP contribution in [0.1, 0.15) is 22.3 Å². The van der Waals surface area contributed by atoms with E-state index in [4.69, 9.17) is 23.2 Å². The van der Waals surface area contributed by atoms with E-state index in [0.29, 0.717) is 10.0 Å². The van der Waals surface area contributed by atoms with Gasteiger partial charge in [0, 0.05) is 21.4 Å². The van der Waals surface area contributed by atoms with Crippen LogP contribution in [0.15, 0.2) is 243 Å². The number of hydrogen-bond donors (Lipinski definition) is 0. The van der Waals surface area contributed by atoms with Crippen molar-refractivity contribution in [2.75, 3.05) is 9.80 Å². The number of fused-ring (bicyclic) bond motifs is 8. The van der Waals surface area contributed by atoms with Gasteiger partial charge in [0.1, 0.15) is 0 Å². The molecule has 2 aliphatic rings. The lowest BCUT2D eigenvalue weighted by Gasteiger charge is -2.51. The maximum atomic E-state index is 7.26. The van der Waals surface area contributed by atoms with Gasteiger partial charge in [0.05, 0.1) is 28.2 Å². The van der Waals surface area contributed by atoms with Gasteiger partial charge in [0.15, 0.2) is 0 Å². The van der Waals surface area contributed by atoms with Crippen molar-refractivity contribution < 1.29 is 0 Å². The first-order valence-corrected chi connectivity index (χ1v) is 22.7. The van der Waals surface area contributed by atoms with Gasteiger partial charge in [-0.05, 0) is 152 Å². The molecule has 2 heterocycles. The molecule has 0 fully saturated rings. The molecule has 0 aliphatic carbocycles. The Morgan fingerprint density at radius 3 is 0.846 bits per heavy atom. The average molecular weight is 872 g/mol. The van der Waals surface area contributed by atoms with Crippen molar-refractivity contribution in [1.82, 2.24) is 0 Å². The van der Waals surface area contributed by atoms with Gasteiger partial charge >= 0.3 is 0 Å². The van der Waals surface area contributed by atoms with Crippen LogP contribution in [0.5, 0.6) is 0 Å². The SMILES string of the molecule is Clc1ccc2c(c1)C1(c3cc(Cl)ccc3N2c2ccc(-c3ccccc3)cc2)c2cc(-c3ccccc3)ccc2N(c2ccc(-c3ccccc3)cc2)c2ccc(-c3ccccc3)cc21. The van der Waals surface area contributed by atoms with Gasteiger partial charge in [0.25, 0.3) is 0 Å². The molecule has 2 nitrogen and oxygen atoms in total. The molecule has 0 unspecified atom stereocenters. The zero-order valence-electron chi connectivity index (χ0n) is 35.2. The number of halogens is 2. The molecule has 0 N–H and O–H groups in total. The average Bonchev–Trinajstić information content (AvgIpc) is 3.37. The molecule has 0 saturated carbocycles. The van der Waals surface area contributed by atoms with E-state index >= 15 is 0 Å². The van der Waals surface area contributed by atoms with E-state index in [9.17, 15) is 0 Å². The highest BCUT2D eigenvalue weighted by Gasteiger charge is 2.52. The summed E-state index contributed by atoms with van der Waals surface area (Å²) in [6.45, 7) is 0. The lowest BCUT2D eigenvalue weighted by molar-refractivity contribution is 0.719. The quantitative estimate of drug-likeness (QED) is 0.164. The predicted molar refractivity (Wildman–Crippen MR) is 273 cm³/mol. The number of hydrogen-bond acceptors (Lipinski definition) is 2. The monoisotopic (exact) mass is 870 g/mol. The summed E-state index contributed by atoms with van der Waals surface area (Å²) in [6, 6.07) is 87.0. The maximum Gasteiger partial charge on any atom is 0.0784 e. The first-order valence-electron chi connectivity index (χ1n) is 22.0. The van der Waals surface area contributed by atoms with Gasteiger partial charge in [-0.15, -0.1) is 0 Å². The van der Waals surface area contributed by atoms with Crippen LogP contribution in [-0.4, -0.2) is 0 Å². The van der Waals surface area contributed by atoms with Crippen molar-refractivity contribution in [1.29, 1.82) is 0 Å². The van der Waals surface area contributed by atoms with Crippen LogP contribution in [0.2, 0.25) is 10.0 Å². The number of rotatable bonds is 6. The minimum atomic E-state index is -0.887. The molecule has 10 aromatic rings. The zero-order valence-corrected chi connectivity index (χ0v) is 36.8. The van der Waals surface area contributed by atoms with Crippen LogP contribution in [0.3, 0.4) is 0 Å². The molecule has 4 heteroatoms. The molecular formula is C61H40Cl2N2. The third-order valence-electron chi connectivity index (χ3n) is 13.2. The van der Waals surface area contributed by atoms with E-state index in [1.807, 2.05) is 12.1 Å². The second-order valence-electron chi connectivity index (χ2n) is 16.8. The van der Waals surface area contributed by atoms with Crippen molar-refractivity contribution in [2.24, 2.45) is 0 Å². The van der Waals surface area contributed by atoms with Crippen molar-refractivity contribution in [3.8, 4) is 44.5 Å². The van der Waals surface area contributed by atoms with Crippen LogP contribution in [0.25, 0.3) is 44.5 Å². The fourth-order valence-electron chi connectivity index (χ4n) is 10.2. The minimum absolute atomic E-state index is 0.661. The predicted octanol–water partition coefficient (Wildman–Crippen LogP) is 17.6. The van der Waals surface area contributed by atoms with Gasteiger partial charge in [-0.3, -0.25) is 0 Å². The van der Waals surface area contributed by atoms with Crippen LogP contribution < -0.4 is 9.80 Å². The lowest BCUT2D eigenvalue weighted by atomic mass is 9.59. The molecule has 12 rings (SSSR count). The Bertz CT molecular complexity index is 3220. The molecule has 0 saturated heterocycles. The summed E-state index contributed by atoms with van der Waals surface area (Å²) in [7, 11) is 0. The van der Waals surface area contributed by atoms with E-state index in [1.54, 1.807) is 0 Å². The maximum absolute atomic E-state index is 7.26. The molecule has 0 amide bonds. The smallest absolute Gasteiger partial charge is 0.0784 e. The molecule has 0 atom stereocenters. The highest BCUT2D eigenvalue weighted by Crippen LogP contribution is 2.65. The molecule has 0 bridgehead atoms. The summed E-state index contributed by atoms with van der Waals surface area (Å²) < 4.78 is 0. The second-order valence-corrected chi connectivity index (χ2v) is 17.6. The Balaban J connectivity index is 1.18. The summed E-state index contributed by atoms with van der Waals surface area (Å²) in [6.07, 6.45) is 0. The van der Waals surface area contributed by atoms with Crippen LogP contribution in [0.4, 0.5) is 34.1 Å². The number of anilines is 6. The van der Waals surface area contributed by atoms with Gasteiger partial charge < -0.3 is 9.80 Å². The Morgan fingerprint density at radius 2 is 0.508 bits per heavy atom. The van der Waals surface area contributed by atoms with Gasteiger partial charge in [-0.1, -0.05) is 181 Å². The van der Waals surface area contributed by atoms with E-state index in [-0.39, 0.29) is 0 Å². The van der Waals surface area contributed by atoms with E-state index in [1.165, 1.54) is 16.7 Å². The molecule has 1 spiro atoms. The van der Waals surface area contributed by atoms with Gasteiger partial charge in [0.2, 0.25) is 0 Å². The standard InChI is InChI=1S/C61H40Cl2N2/c62-49-27-35-59-55(39-49)61(56-40-50(63)28-36-60(56)65(59)52-31-23-46(24-32-52)42-15-7-2-8-16-42)53-37-47(43-17-9-3-10-18-43)25-33-57(53)64(51-29-21-45(22-30-51)41-13-5-1-6-14-41)58-34-26-48(38-54(58)61)44-19-11-4-12-20-44/h1-40H. The highest BCUT2D eigenvalue weighted by molar-refractivity contribution is 6.31. The minimum Gasteiger partial charge on any atom is -0.310 e. The number of nitrogens with zero attached hydrogens (tertiary/aromatic N) is 2. The second kappa shape index (κ2) is 15.9. The summed E-state index contributed by atoms with van der Waals surface area (Å²) in [4.78, 5) is 4.82. The largest absolute Gasteiger partial charge is 0.310 e. The van der Waals surface area contributed by atoms with Gasteiger partial charge in [-0.25, -0.2) is 0 Å². The molecule has 2 aliphatic heterocycles. The summed E-state index contributed by atoms with van der Waals surface area (Å²) >= 11 is 14.5. The van der Waals surface area contributed by atoms with Crippen molar-refractivity contribution >= 4 is 57.3 Å². The van der Waals surface area contributed by atoms with Crippen molar-refractivity contribution in [3.63, 3.8) is 0 Å². The molecule has 10 aromatic carbocycles. The highest BCUT2D eigenvalue weighted by atomic mass is 35.5. The third kappa shape index (κ3) is 6.48. The first kappa shape index (κ1) is 39.0. The Kier molecular flexibility index (Phi) is 9.52. The Hall–Kier alpha value is -7.62. The lowest BCUT2D eigenvalue weighted by Crippen LogP contribution is -2.42. The fourth-order valence-corrected chi connectivity index (χ4v) is 10.6. The normalized spacial score (nSPS) is 13.1. The van der Waals surface area contributed by atoms with E-state index < -0.39 is 5.41 Å². The molecule has 0 radical (unpaired) electrons. The van der Waals surface area contributed by atoms with Crippen LogP contribution in [-0.2, 0) is 5.41 Å². The van der Waals surface area contributed by atoms with E-state index in [0.717, 1.165) is 84.2 Å². The number of benzene rings is 10. The topological polar surface area (TPSA) is 6.48 Å². The Labute approximate surface area is 389 Å². The molecule has 0 aromatic heterocycles. The summed E-state index contributed by atoms with van der Waals surface area (Å²) in [5.74, 6) is 0. The first-order chi connectivity index (χ1) is 32.0. The molecular weight excluding hydrogens is 832 g/mol.